The lowest BCUT2D eigenvalue weighted by Gasteiger charge is -2.21. The quantitative estimate of drug-likeness (QED) is 0.320. The second-order valence-corrected chi connectivity index (χ2v) is 13.9. The average molecular weight is 480 g/mol. The van der Waals surface area contributed by atoms with E-state index in [1.165, 1.54) is 10.6 Å². The van der Waals surface area contributed by atoms with E-state index in [-0.39, 0.29) is 10.3 Å². The van der Waals surface area contributed by atoms with Crippen LogP contribution in [0.4, 0.5) is 0 Å². The van der Waals surface area contributed by atoms with E-state index in [0.29, 0.717) is 40.6 Å². The first-order chi connectivity index (χ1) is 15.6. The molecule has 2 aromatic carbocycles. The van der Waals surface area contributed by atoms with Gasteiger partial charge >= 0.3 is 0 Å². The summed E-state index contributed by atoms with van der Waals surface area (Å²) in [6, 6.07) is 20.8. The third kappa shape index (κ3) is 5.23. The Morgan fingerprint density at radius 3 is 1.30 bits per heavy atom. The van der Waals surface area contributed by atoms with Crippen molar-refractivity contribution in [3.05, 3.63) is 84.1 Å². The van der Waals surface area contributed by atoms with Gasteiger partial charge in [0.1, 0.15) is 5.41 Å². The first-order valence-corrected chi connectivity index (χ1v) is 12.9. The fraction of sp³-hybridized carbons (Fsp3) is 0.360. The maximum absolute atomic E-state index is 5.72. The molecule has 4 rings (SSSR count). The minimum Gasteiger partial charge on any atom is -0.338 e. The largest absolute Gasteiger partial charge is 0.338 e. The third-order valence-corrected chi connectivity index (χ3v) is 8.44. The van der Waals surface area contributed by atoms with Gasteiger partial charge in [-0.05, 0) is 52.2 Å². The molecular weight excluding hydrogens is 450 g/mol. The zero-order valence-electron chi connectivity index (χ0n) is 19.9. The molecule has 2 unspecified atom stereocenters. The molecule has 2 heterocycles. The summed E-state index contributed by atoms with van der Waals surface area (Å²) in [5.41, 5.74) is -0.700. The Morgan fingerprint density at radius 1 is 0.576 bits per heavy atom. The van der Waals surface area contributed by atoms with Crippen molar-refractivity contribution in [2.24, 2.45) is 0 Å². The maximum Gasteiger partial charge on any atom is 0.241 e. The monoisotopic (exact) mass is 480 g/mol. The molecule has 0 spiro atoms. The topological polar surface area (TPSA) is 77.8 Å². The Morgan fingerprint density at radius 2 is 0.939 bits per heavy atom. The van der Waals surface area contributed by atoms with E-state index < -0.39 is 5.41 Å². The van der Waals surface area contributed by atoms with Crippen molar-refractivity contribution in [1.29, 1.82) is 0 Å². The standard InChI is InChI=1S/C25H30N4O2P2/c1-23(2,21-26-19(28-30-21)24(3,4)32-17-13-9-7-10-14-17)22-27-20(29-31-22)25(5,6)33-18-15-11-8-12-16-18/h7-16,32-33H,1-6H3. The Bertz CT molecular complexity index is 1110. The summed E-state index contributed by atoms with van der Waals surface area (Å²) >= 11 is 0. The molecule has 0 aliphatic heterocycles. The molecule has 0 N–H and O–H groups in total. The van der Waals surface area contributed by atoms with Gasteiger partial charge in [-0.25, -0.2) is 0 Å². The van der Waals surface area contributed by atoms with Crippen molar-refractivity contribution in [3.63, 3.8) is 0 Å². The zero-order chi connectivity index (χ0) is 23.7. The lowest BCUT2D eigenvalue weighted by molar-refractivity contribution is 0.270. The fourth-order valence-corrected chi connectivity index (χ4v) is 6.02. The first-order valence-electron chi connectivity index (χ1n) is 10.9. The van der Waals surface area contributed by atoms with Crippen LogP contribution >= 0.6 is 17.2 Å². The van der Waals surface area contributed by atoms with E-state index in [1.807, 2.05) is 26.0 Å². The fourth-order valence-electron chi connectivity index (χ4n) is 3.43. The van der Waals surface area contributed by atoms with E-state index in [0.717, 1.165) is 0 Å². The molecule has 0 amide bonds. The van der Waals surface area contributed by atoms with Gasteiger partial charge in [0, 0.05) is 10.3 Å². The minimum atomic E-state index is -0.700. The first kappa shape index (κ1) is 23.7. The van der Waals surface area contributed by atoms with Crippen LogP contribution in [0.2, 0.25) is 0 Å². The molecule has 2 atom stereocenters. The van der Waals surface area contributed by atoms with Crippen LogP contribution in [0, 0.1) is 0 Å². The van der Waals surface area contributed by atoms with Crippen LogP contribution in [0.25, 0.3) is 0 Å². The molecule has 0 radical (unpaired) electrons. The smallest absolute Gasteiger partial charge is 0.241 e. The molecule has 6 nitrogen and oxygen atoms in total. The molecule has 0 bridgehead atoms. The second-order valence-electron chi connectivity index (χ2n) is 9.70. The molecule has 172 valence electrons. The summed E-state index contributed by atoms with van der Waals surface area (Å²) in [5, 5.41) is 10.7. The highest BCUT2D eigenvalue weighted by atomic mass is 31.1. The van der Waals surface area contributed by atoms with Gasteiger partial charge in [0.25, 0.3) is 0 Å². The Balaban J connectivity index is 1.55. The van der Waals surface area contributed by atoms with Gasteiger partial charge in [0.05, 0.1) is 0 Å². The van der Waals surface area contributed by atoms with E-state index in [1.54, 1.807) is 0 Å². The summed E-state index contributed by atoms with van der Waals surface area (Å²) in [4.78, 5) is 9.54. The summed E-state index contributed by atoms with van der Waals surface area (Å²) in [7, 11) is 1.04. The molecule has 4 aromatic rings. The van der Waals surface area contributed by atoms with E-state index >= 15 is 0 Å². The van der Waals surface area contributed by atoms with Crippen molar-refractivity contribution in [1.82, 2.24) is 20.3 Å². The van der Waals surface area contributed by atoms with Crippen molar-refractivity contribution < 1.29 is 9.05 Å². The van der Waals surface area contributed by atoms with Crippen molar-refractivity contribution >= 4 is 27.8 Å². The highest BCUT2D eigenvalue weighted by Gasteiger charge is 2.39. The summed E-state index contributed by atoms with van der Waals surface area (Å²) < 4.78 is 11.4. The lowest BCUT2D eigenvalue weighted by Crippen LogP contribution is -2.22. The number of nitrogens with zero attached hydrogens (tertiary/aromatic N) is 4. The summed E-state index contributed by atoms with van der Waals surface area (Å²) in [6.45, 7) is 12.5. The second kappa shape index (κ2) is 9.08. The van der Waals surface area contributed by atoms with E-state index in [4.69, 9.17) is 19.0 Å². The van der Waals surface area contributed by atoms with Crippen LogP contribution in [0.1, 0.15) is 65.0 Å². The minimum absolute atomic E-state index is 0.252. The molecule has 2 aromatic heterocycles. The van der Waals surface area contributed by atoms with Crippen LogP contribution in [0.5, 0.6) is 0 Å². The SMILES string of the molecule is CC(C)(Pc1ccccc1)c1noc(C(C)(C)c2nc(C(C)(C)Pc3ccccc3)no2)n1. The molecule has 0 aliphatic carbocycles. The molecule has 8 heteroatoms. The lowest BCUT2D eigenvalue weighted by atomic mass is 9.93. The van der Waals surface area contributed by atoms with Crippen LogP contribution in [-0.4, -0.2) is 20.3 Å². The number of hydrogen-bond donors (Lipinski definition) is 0. The van der Waals surface area contributed by atoms with Gasteiger partial charge in [-0.2, -0.15) is 9.97 Å². The molecule has 0 saturated heterocycles. The van der Waals surface area contributed by atoms with E-state index in [2.05, 4.69) is 86.5 Å². The van der Waals surface area contributed by atoms with E-state index in [9.17, 15) is 0 Å². The predicted octanol–water partition coefficient (Wildman–Crippen LogP) is 5.26. The number of aromatic nitrogens is 4. The number of benzene rings is 2. The maximum atomic E-state index is 5.72. The Labute approximate surface area is 198 Å². The van der Waals surface area contributed by atoms with Crippen LogP contribution in [0.3, 0.4) is 0 Å². The summed E-state index contributed by atoms with van der Waals surface area (Å²) in [6.07, 6.45) is 0. The van der Waals surface area contributed by atoms with Gasteiger partial charge in [-0.1, -0.05) is 88.1 Å². The van der Waals surface area contributed by atoms with Gasteiger partial charge in [-0.3, -0.25) is 0 Å². The average Bonchev–Trinajstić information content (AvgIpc) is 3.46. The number of rotatable bonds is 8. The Hall–Kier alpha value is -2.42. The highest BCUT2D eigenvalue weighted by molar-refractivity contribution is 7.48. The van der Waals surface area contributed by atoms with Gasteiger partial charge in [0.2, 0.25) is 11.8 Å². The normalized spacial score (nSPS) is 13.5. The molecule has 0 fully saturated rings. The van der Waals surface area contributed by atoms with Crippen LogP contribution in [0.15, 0.2) is 69.7 Å². The Kier molecular flexibility index (Phi) is 6.53. The van der Waals surface area contributed by atoms with Gasteiger partial charge in [0.15, 0.2) is 11.6 Å². The molecular formula is C25H30N4O2P2. The zero-order valence-corrected chi connectivity index (χ0v) is 21.9. The third-order valence-electron chi connectivity index (χ3n) is 5.50. The number of hydrogen-bond acceptors (Lipinski definition) is 6. The predicted molar refractivity (Wildman–Crippen MR) is 136 cm³/mol. The van der Waals surface area contributed by atoms with Gasteiger partial charge in [-0.15, -0.1) is 0 Å². The van der Waals surface area contributed by atoms with Crippen molar-refractivity contribution in [2.75, 3.05) is 0 Å². The molecule has 0 saturated carbocycles. The van der Waals surface area contributed by atoms with Crippen LogP contribution in [-0.2, 0) is 15.7 Å². The van der Waals surface area contributed by atoms with Crippen molar-refractivity contribution in [3.8, 4) is 0 Å². The summed E-state index contributed by atoms with van der Waals surface area (Å²) in [5.74, 6) is 2.31. The van der Waals surface area contributed by atoms with Crippen LogP contribution < -0.4 is 10.6 Å². The highest BCUT2D eigenvalue weighted by Crippen LogP contribution is 2.42. The van der Waals surface area contributed by atoms with Gasteiger partial charge < -0.3 is 9.05 Å². The molecule has 33 heavy (non-hydrogen) atoms. The van der Waals surface area contributed by atoms with Crippen molar-refractivity contribution in [2.45, 2.75) is 57.3 Å². The molecule has 0 aliphatic rings.